The lowest BCUT2D eigenvalue weighted by molar-refractivity contribution is -0.107. The molecular formula is C16H19NO. The summed E-state index contributed by atoms with van der Waals surface area (Å²) in [5.41, 5.74) is 2.42. The fraction of sp³-hybridized carbons (Fsp3) is 0.438. The minimum absolute atomic E-state index is 0.519. The Kier molecular flexibility index (Phi) is 3.18. The van der Waals surface area contributed by atoms with E-state index in [1.807, 2.05) is 0 Å². The summed E-state index contributed by atoms with van der Waals surface area (Å²) in [5.74, 6) is 0.843. The molecule has 1 saturated carbocycles. The van der Waals surface area contributed by atoms with Crippen molar-refractivity contribution in [2.45, 2.75) is 38.6 Å². The summed E-state index contributed by atoms with van der Waals surface area (Å²) in [6.07, 6.45) is 9.20. The Bertz CT molecular complexity index is 549. The molecule has 0 radical (unpaired) electrons. The van der Waals surface area contributed by atoms with Crippen LogP contribution in [0.1, 0.15) is 31.2 Å². The molecule has 0 atom stereocenters. The van der Waals surface area contributed by atoms with Gasteiger partial charge in [0.25, 0.3) is 0 Å². The van der Waals surface area contributed by atoms with Gasteiger partial charge in [0.2, 0.25) is 0 Å². The number of carbonyl (C=O) groups excluding carboxylic acids is 1. The largest absolute Gasteiger partial charge is 0.347 e. The van der Waals surface area contributed by atoms with Crippen LogP contribution in [0.25, 0.3) is 10.9 Å². The first kappa shape index (κ1) is 11.5. The summed E-state index contributed by atoms with van der Waals surface area (Å²) in [4.78, 5) is 10.7. The van der Waals surface area contributed by atoms with Gasteiger partial charge in [-0.3, -0.25) is 0 Å². The quantitative estimate of drug-likeness (QED) is 0.750. The number of benzene rings is 1. The van der Waals surface area contributed by atoms with Crippen molar-refractivity contribution in [1.29, 1.82) is 0 Å². The van der Waals surface area contributed by atoms with Gasteiger partial charge in [-0.2, -0.15) is 0 Å². The van der Waals surface area contributed by atoms with E-state index in [2.05, 4.69) is 35.0 Å². The van der Waals surface area contributed by atoms with Gasteiger partial charge in [-0.15, -0.1) is 0 Å². The predicted octanol–water partition coefficient (Wildman–Crippen LogP) is 3.57. The Hall–Kier alpha value is -1.57. The maximum Gasteiger partial charge on any atom is 0.124 e. The van der Waals surface area contributed by atoms with Crippen molar-refractivity contribution in [3.8, 4) is 0 Å². The fourth-order valence-corrected chi connectivity index (χ4v) is 3.19. The lowest BCUT2D eigenvalue weighted by atomic mass is 10.1. The van der Waals surface area contributed by atoms with Crippen molar-refractivity contribution in [2.75, 3.05) is 0 Å². The van der Waals surface area contributed by atoms with Gasteiger partial charge in [-0.05, 0) is 36.5 Å². The van der Waals surface area contributed by atoms with Crippen LogP contribution in [0.5, 0.6) is 0 Å². The van der Waals surface area contributed by atoms with Crippen LogP contribution in [0.4, 0.5) is 0 Å². The van der Waals surface area contributed by atoms with Crippen LogP contribution in [0, 0.1) is 5.92 Å². The van der Waals surface area contributed by atoms with Crippen molar-refractivity contribution in [2.24, 2.45) is 5.92 Å². The molecule has 2 nitrogen and oxygen atoms in total. The molecule has 1 aliphatic carbocycles. The number of aldehydes is 1. The smallest absolute Gasteiger partial charge is 0.124 e. The molecule has 1 aromatic carbocycles. The van der Waals surface area contributed by atoms with Crippen LogP contribution in [0.3, 0.4) is 0 Å². The van der Waals surface area contributed by atoms with Gasteiger partial charge in [0.05, 0.1) is 0 Å². The van der Waals surface area contributed by atoms with Crippen LogP contribution < -0.4 is 0 Å². The molecule has 1 aromatic heterocycles. The highest BCUT2D eigenvalue weighted by atomic mass is 16.1. The monoisotopic (exact) mass is 241 g/mol. The number of carbonyl (C=O) groups is 1. The summed E-state index contributed by atoms with van der Waals surface area (Å²) in [6, 6.07) is 8.44. The molecule has 0 amide bonds. The van der Waals surface area contributed by atoms with E-state index in [1.54, 1.807) is 0 Å². The van der Waals surface area contributed by atoms with Gasteiger partial charge in [0.1, 0.15) is 6.29 Å². The minimum Gasteiger partial charge on any atom is -0.347 e. The second kappa shape index (κ2) is 4.97. The Morgan fingerprint density at radius 1 is 1.22 bits per heavy atom. The van der Waals surface area contributed by atoms with Crippen LogP contribution in [0.15, 0.2) is 30.5 Å². The molecule has 2 aromatic rings. The number of rotatable bonds is 4. The summed E-state index contributed by atoms with van der Waals surface area (Å²) in [7, 11) is 0. The van der Waals surface area contributed by atoms with E-state index in [4.69, 9.17) is 0 Å². The molecule has 0 N–H and O–H groups in total. The van der Waals surface area contributed by atoms with E-state index < -0.39 is 0 Å². The van der Waals surface area contributed by atoms with E-state index >= 15 is 0 Å². The molecule has 0 unspecified atom stereocenters. The topological polar surface area (TPSA) is 22.0 Å². The van der Waals surface area contributed by atoms with E-state index in [9.17, 15) is 4.79 Å². The number of nitrogens with zero attached hydrogens (tertiary/aromatic N) is 1. The first-order chi connectivity index (χ1) is 8.88. The van der Waals surface area contributed by atoms with Crippen molar-refractivity contribution in [1.82, 2.24) is 4.57 Å². The maximum absolute atomic E-state index is 10.7. The lowest BCUT2D eigenvalue weighted by Gasteiger charge is -2.11. The molecule has 1 fully saturated rings. The average Bonchev–Trinajstić information content (AvgIpc) is 3.01. The van der Waals surface area contributed by atoms with E-state index in [0.717, 1.165) is 24.3 Å². The third-order valence-corrected chi connectivity index (χ3v) is 4.14. The Morgan fingerprint density at radius 3 is 2.83 bits per heavy atom. The van der Waals surface area contributed by atoms with Gasteiger partial charge < -0.3 is 9.36 Å². The van der Waals surface area contributed by atoms with Crippen molar-refractivity contribution in [3.05, 3.63) is 36.0 Å². The first-order valence-corrected chi connectivity index (χ1v) is 6.89. The molecule has 0 saturated heterocycles. The Balaban J connectivity index is 1.93. The van der Waals surface area contributed by atoms with E-state index in [1.165, 1.54) is 36.6 Å². The van der Waals surface area contributed by atoms with Crippen molar-refractivity contribution < 1.29 is 4.79 Å². The van der Waals surface area contributed by atoms with Gasteiger partial charge in [-0.1, -0.05) is 25.0 Å². The van der Waals surface area contributed by atoms with Crippen LogP contribution in [-0.4, -0.2) is 10.9 Å². The highest BCUT2D eigenvalue weighted by Crippen LogP contribution is 2.28. The third kappa shape index (κ3) is 2.07. The fourth-order valence-electron chi connectivity index (χ4n) is 3.19. The summed E-state index contributed by atoms with van der Waals surface area (Å²) in [5, 5.41) is 1.24. The minimum atomic E-state index is 0.519. The zero-order chi connectivity index (χ0) is 12.4. The highest BCUT2D eigenvalue weighted by molar-refractivity contribution is 5.85. The number of fused-ring (bicyclic) bond motifs is 1. The molecule has 0 spiro atoms. The van der Waals surface area contributed by atoms with Gasteiger partial charge in [0, 0.05) is 30.1 Å². The van der Waals surface area contributed by atoms with Crippen LogP contribution in [-0.2, 0) is 17.8 Å². The summed E-state index contributed by atoms with van der Waals surface area (Å²) in [6.45, 7) is 1.13. The van der Waals surface area contributed by atoms with Gasteiger partial charge in [-0.25, -0.2) is 0 Å². The normalized spacial score (nSPS) is 16.4. The zero-order valence-corrected chi connectivity index (χ0v) is 10.6. The van der Waals surface area contributed by atoms with Crippen molar-refractivity contribution in [3.63, 3.8) is 0 Å². The SMILES string of the molecule is O=CCc1cccc2c1ccn2CC1CCCC1. The molecule has 1 aliphatic rings. The molecule has 1 heterocycles. The van der Waals surface area contributed by atoms with Gasteiger partial charge in [0.15, 0.2) is 0 Å². The number of hydrogen-bond acceptors (Lipinski definition) is 1. The molecule has 0 aliphatic heterocycles. The summed E-state index contributed by atoms with van der Waals surface area (Å²) < 4.78 is 2.36. The third-order valence-electron chi connectivity index (χ3n) is 4.14. The second-order valence-corrected chi connectivity index (χ2v) is 5.34. The molecule has 18 heavy (non-hydrogen) atoms. The number of aromatic nitrogens is 1. The van der Waals surface area contributed by atoms with Crippen LogP contribution >= 0.6 is 0 Å². The van der Waals surface area contributed by atoms with E-state index in [0.29, 0.717) is 6.42 Å². The average molecular weight is 241 g/mol. The number of hydrogen-bond donors (Lipinski definition) is 0. The summed E-state index contributed by atoms with van der Waals surface area (Å²) >= 11 is 0. The molecule has 2 heteroatoms. The zero-order valence-electron chi connectivity index (χ0n) is 10.6. The molecule has 0 bridgehead atoms. The Labute approximate surface area is 108 Å². The lowest BCUT2D eigenvalue weighted by Crippen LogP contribution is -2.05. The van der Waals surface area contributed by atoms with Crippen LogP contribution in [0.2, 0.25) is 0 Å². The Morgan fingerprint density at radius 2 is 2.06 bits per heavy atom. The molecular weight excluding hydrogens is 222 g/mol. The first-order valence-electron chi connectivity index (χ1n) is 6.89. The van der Waals surface area contributed by atoms with E-state index in [-0.39, 0.29) is 0 Å². The highest BCUT2D eigenvalue weighted by Gasteiger charge is 2.16. The molecule has 94 valence electrons. The molecule has 3 rings (SSSR count). The standard InChI is InChI=1S/C16H19NO/c18-11-9-14-6-3-7-16-15(14)8-10-17(16)12-13-4-1-2-5-13/h3,6-8,10-11,13H,1-2,4-5,9,12H2. The second-order valence-electron chi connectivity index (χ2n) is 5.34. The van der Waals surface area contributed by atoms with Gasteiger partial charge >= 0.3 is 0 Å². The predicted molar refractivity (Wildman–Crippen MR) is 73.7 cm³/mol. The maximum atomic E-state index is 10.7. The van der Waals surface area contributed by atoms with Crippen molar-refractivity contribution >= 4 is 17.2 Å².